The minimum atomic E-state index is -0.357. The molecule has 3 rings (SSSR count). The molecule has 0 radical (unpaired) electrons. The lowest BCUT2D eigenvalue weighted by molar-refractivity contribution is 0.0932. The van der Waals surface area contributed by atoms with Crippen molar-refractivity contribution in [2.45, 2.75) is 26.3 Å². The van der Waals surface area contributed by atoms with Crippen molar-refractivity contribution >= 4 is 17.3 Å². The number of nitrogens with one attached hydrogen (secondary N) is 2. The Balaban J connectivity index is 1.76. The average molecular weight is 368 g/mol. The highest BCUT2D eigenvalue weighted by Crippen LogP contribution is 2.13. The number of imidazole rings is 1. The molecule has 0 aliphatic heterocycles. The molecule has 0 saturated carbocycles. The Hall–Kier alpha value is -3.22. The van der Waals surface area contributed by atoms with Crippen LogP contribution in [0.15, 0.2) is 48.7 Å². The lowest BCUT2D eigenvalue weighted by Crippen LogP contribution is -2.31. The van der Waals surface area contributed by atoms with Crippen LogP contribution in [0.5, 0.6) is 0 Å². The molecule has 6 nitrogen and oxygen atoms in total. The van der Waals surface area contributed by atoms with Gasteiger partial charge in [-0.1, -0.05) is 18.2 Å². The summed E-state index contributed by atoms with van der Waals surface area (Å²) in [7, 11) is 0. The van der Waals surface area contributed by atoms with E-state index in [1.807, 2.05) is 13.8 Å². The highest BCUT2D eigenvalue weighted by molar-refractivity contribution is 6.02. The zero-order valence-corrected chi connectivity index (χ0v) is 15.2. The number of hydrogen-bond donors (Lipinski definition) is 2. The summed E-state index contributed by atoms with van der Waals surface area (Å²) in [6, 6.07) is 11.4. The van der Waals surface area contributed by atoms with Crippen molar-refractivity contribution in [3.63, 3.8) is 0 Å². The molecule has 0 bridgehead atoms. The van der Waals surface area contributed by atoms with Crippen molar-refractivity contribution in [2.75, 3.05) is 6.54 Å². The number of amides is 2. The first-order chi connectivity index (χ1) is 13.0. The summed E-state index contributed by atoms with van der Waals surface area (Å²) in [4.78, 5) is 29.2. The predicted molar refractivity (Wildman–Crippen MR) is 100 cm³/mol. The maximum absolute atomic E-state index is 12.9. The summed E-state index contributed by atoms with van der Waals surface area (Å²) in [6.45, 7) is 4.09. The van der Waals surface area contributed by atoms with E-state index in [9.17, 15) is 14.0 Å². The predicted octanol–water partition coefficient (Wildman–Crippen LogP) is 2.58. The minimum Gasteiger partial charge on any atom is -0.350 e. The van der Waals surface area contributed by atoms with Gasteiger partial charge in [0.25, 0.3) is 11.8 Å². The van der Waals surface area contributed by atoms with Crippen LogP contribution in [-0.4, -0.2) is 33.8 Å². The number of rotatable bonds is 6. The maximum atomic E-state index is 12.9. The van der Waals surface area contributed by atoms with E-state index in [1.54, 1.807) is 40.9 Å². The Kier molecular flexibility index (Phi) is 5.49. The van der Waals surface area contributed by atoms with Crippen molar-refractivity contribution < 1.29 is 14.0 Å². The second-order valence-electron chi connectivity index (χ2n) is 6.50. The molecule has 0 aliphatic carbocycles. The maximum Gasteiger partial charge on any atom is 0.287 e. The zero-order valence-electron chi connectivity index (χ0n) is 15.2. The van der Waals surface area contributed by atoms with Gasteiger partial charge in [0.1, 0.15) is 5.82 Å². The van der Waals surface area contributed by atoms with Gasteiger partial charge in [-0.2, -0.15) is 0 Å². The summed E-state index contributed by atoms with van der Waals surface area (Å²) in [5.74, 6) is -0.816. The van der Waals surface area contributed by atoms with Crippen LogP contribution in [0.1, 0.15) is 40.5 Å². The molecule has 0 atom stereocenters. The molecule has 1 aromatic carbocycles. The molecule has 0 fully saturated rings. The van der Waals surface area contributed by atoms with Crippen LogP contribution in [0.4, 0.5) is 4.39 Å². The second-order valence-corrected chi connectivity index (χ2v) is 6.50. The topological polar surface area (TPSA) is 75.5 Å². The Morgan fingerprint density at radius 1 is 1.11 bits per heavy atom. The Morgan fingerprint density at radius 2 is 1.85 bits per heavy atom. The molecule has 2 amide bonds. The third kappa shape index (κ3) is 4.31. The molecule has 140 valence electrons. The first-order valence-corrected chi connectivity index (χ1v) is 8.76. The number of aromatic nitrogens is 2. The van der Waals surface area contributed by atoms with E-state index in [1.165, 1.54) is 12.1 Å². The molecule has 2 aromatic heterocycles. The van der Waals surface area contributed by atoms with Gasteiger partial charge in [0, 0.05) is 18.8 Å². The first kappa shape index (κ1) is 18.6. The van der Waals surface area contributed by atoms with Crippen LogP contribution in [0.3, 0.4) is 0 Å². The lowest BCUT2D eigenvalue weighted by atomic mass is 10.1. The number of benzene rings is 1. The molecular weight excluding hydrogens is 347 g/mol. The SMILES string of the molecule is CC(C)NC(=O)c1nc(C(=O)NCCc2ccc(F)cc2)c2ccccn12. The fourth-order valence-electron chi connectivity index (χ4n) is 2.75. The number of pyridine rings is 1. The Morgan fingerprint density at radius 3 is 2.56 bits per heavy atom. The van der Waals surface area contributed by atoms with Gasteiger partial charge in [0.2, 0.25) is 5.82 Å². The number of carbonyl (C=O) groups excluding carboxylic acids is 2. The standard InChI is InChI=1S/C20H21FN4O2/c1-13(2)23-20(27)18-24-17(16-5-3-4-12-25(16)18)19(26)22-11-10-14-6-8-15(21)9-7-14/h3-9,12-13H,10-11H2,1-2H3,(H,22,26)(H,23,27). The summed E-state index contributed by atoms with van der Waals surface area (Å²) in [5, 5.41) is 5.60. The highest BCUT2D eigenvalue weighted by Gasteiger charge is 2.21. The molecule has 0 spiro atoms. The zero-order chi connectivity index (χ0) is 19.4. The van der Waals surface area contributed by atoms with E-state index in [0.29, 0.717) is 18.5 Å². The number of halogens is 1. The normalized spacial score (nSPS) is 11.0. The molecule has 2 heterocycles. The third-order valence-corrected chi connectivity index (χ3v) is 4.00. The molecule has 27 heavy (non-hydrogen) atoms. The van der Waals surface area contributed by atoms with Crippen molar-refractivity contribution in [1.29, 1.82) is 0 Å². The molecule has 3 aromatic rings. The average Bonchev–Trinajstić information content (AvgIpc) is 3.03. The van der Waals surface area contributed by atoms with Gasteiger partial charge in [-0.25, -0.2) is 9.37 Å². The van der Waals surface area contributed by atoms with Crippen LogP contribution in [0.2, 0.25) is 0 Å². The molecule has 0 aliphatic rings. The molecule has 0 unspecified atom stereocenters. The van der Waals surface area contributed by atoms with Gasteiger partial charge in [0.15, 0.2) is 5.69 Å². The smallest absolute Gasteiger partial charge is 0.287 e. The Labute approximate surface area is 156 Å². The largest absolute Gasteiger partial charge is 0.350 e. The summed E-state index contributed by atoms with van der Waals surface area (Å²) in [5.41, 5.74) is 1.68. The van der Waals surface area contributed by atoms with Crippen LogP contribution in [0.25, 0.3) is 5.52 Å². The van der Waals surface area contributed by atoms with Gasteiger partial charge >= 0.3 is 0 Å². The molecule has 2 N–H and O–H groups in total. The van der Waals surface area contributed by atoms with Gasteiger partial charge in [-0.3, -0.25) is 14.0 Å². The molecule has 7 heteroatoms. The minimum absolute atomic E-state index is 0.0402. The van der Waals surface area contributed by atoms with Crippen LogP contribution in [0, 0.1) is 5.82 Å². The van der Waals surface area contributed by atoms with Gasteiger partial charge < -0.3 is 10.6 Å². The van der Waals surface area contributed by atoms with E-state index >= 15 is 0 Å². The fourth-order valence-corrected chi connectivity index (χ4v) is 2.75. The highest BCUT2D eigenvalue weighted by atomic mass is 19.1. The monoisotopic (exact) mass is 368 g/mol. The fraction of sp³-hybridized carbons (Fsp3) is 0.250. The number of carbonyl (C=O) groups is 2. The Bertz CT molecular complexity index is 964. The van der Waals surface area contributed by atoms with Gasteiger partial charge in [-0.05, 0) is 50.1 Å². The van der Waals surface area contributed by atoms with Crippen LogP contribution >= 0.6 is 0 Å². The van der Waals surface area contributed by atoms with E-state index in [4.69, 9.17) is 0 Å². The summed E-state index contributed by atoms with van der Waals surface area (Å²) >= 11 is 0. The third-order valence-electron chi connectivity index (χ3n) is 4.00. The van der Waals surface area contributed by atoms with E-state index in [2.05, 4.69) is 15.6 Å². The first-order valence-electron chi connectivity index (χ1n) is 8.76. The van der Waals surface area contributed by atoms with Gasteiger partial charge in [-0.15, -0.1) is 0 Å². The van der Waals surface area contributed by atoms with Crippen LogP contribution < -0.4 is 10.6 Å². The van der Waals surface area contributed by atoms with E-state index in [0.717, 1.165) is 5.56 Å². The van der Waals surface area contributed by atoms with Crippen molar-refractivity contribution in [3.05, 3.63) is 71.6 Å². The lowest BCUT2D eigenvalue weighted by Gasteiger charge is -2.06. The van der Waals surface area contributed by atoms with E-state index < -0.39 is 0 Å². The van der Waals surface area contributed by atoms with Crippen LogP contribution in [-0.2, 0) is 6.42 Å². The number of nitrogens with zero attached hydrogens (tertiary/aromatic N) is 2. The summed E-state index contributed by atoms with van der Waals surface area (Å²) in [6.07, 6.45) is 2.27. The quantitative estimate of drug-likeness (QED) is 0.702. The molecule has 0 saturated heterocycles. The molecular formula is C20H21FN4O2. The van der Waals surface area contributed by atoms with Crippen molar-refractivity contribution in [2.24, 2.45) is 0 Å². The van der Waals surface area contributed by atoms with E-state index in [-0.39, 0.29) is 35.2 Å². The van der Waals surface area contributed by atoms with Crippen molar-refractivity contribution in [1.82, 2.24) is 20.0 Å². The number of fused-ring (bicyclic) bond motifs is 1. The second kappa shape index (κ2) is 7.99. The van der Waals surface area contributed by atoms with Gasteiger partial charge in [0.05, 0.1) is 5.52 Å². The van der Waals surface area contributed by atoms with Crippen molar-refractivity contribution in [3.8, 4) is 0 Å². The number of hydrogen-bond acceptors (Lipinski definition) is 3. The summed E-state index contributed by atoms with van der Waals surface area (Å²) < 4.78 is 14.5.